The fourth-order valence-electron chi connectivity index (χ4n) is 1.01. The Morgan fingerprint density at radius 3 is 2.71 bits per heavy atom. The molecule has 0 heterocycles. The molecule has 1 rings (SSSR count). The summed E-state index contributed by atoms with van der Waals surface area (Å²) in [5.41, 5.74) is 0.789. The second-order valence-electron chi connectivity index (χ2n) is 2.83. The first-order valence-electron chi connectivity index (χ1n) is 4.49. The minimum atomic E-state index is 0.187. The Labute approximate surface area is 88.7 Å². The highest BCUT2D eigenvalue weighted by Crippen LogP contribution is 2.06. The van der Waals surface area contributed by atoms with Gasteiger partial charge in [-0.25, -0.2) is 0 Å². The highest BCUT2D eigenvalue weighted by Gasteiger charge is 2.03. The summed E-state index contributed by atoms with van der Waals surface area (Å²) in [5, 5.41) is 0. The number of hydrogen-bond donors (Lipinski definition) is 0. The molecular weight excluding hydrogens is 196 g/mol. The fourth-order valence-corrected chi connectivity index (χ4v) is 1.80. The van der Waals surface area contributed by atoms with Crippen molar-refractivity contribution >= 4 is 17.5 Å². The Hall–Kier alpha value is -0.800. The maximum absolute atomic E-state index is 11.5. The summed E-state index contributed by atoms with van der Waals surface area (Å²) >= 11 is 1.61. The van der Waals surface area contributed by atoms with Gasteiger partial charge in [-0.1, -0.05) is 30.3 Å². The normalized spacial score (nSPS) is 10.1. The zero-order chi connectivity index (χ0) is 10.2. The van der Waals surface area contributed by atoms with Gasteiger partial charge < -0.3 is 4.74 Å². The van der Waals surface area contributed by atoms with E-state index >= 15 is 0 Å². The number of carbonyl (C=O) groups excluding carboxylic acids is 1. The summed E-state index contributed by atoms with van der Waals surface area (Å²) < 4.78 is 4.90. The van der Waals surface area contributed by atoms with Crippen LogP contribution in [-0.2, 0) is 4.74 Å². The first kappa shape index (κ1) is 11.3. The van der Waals surface area contributed by atoms with E-state index in [0.717, 1.165) is 11.3 Å². The third kappa shape index (κ3) is 3.94. The monoisotopic (exact) mass is 210 g/mol. The van der Waals surface area contributed by atoms with Gasteiger partial charge in [0.05, 0.1) is 12.4 Å². The molecule has 1 aromatic rings. The molecule has 0 unspecified atom stereocenters. The molecule has 2 nitrogen and oxygen atoms in total. The van der Waals surface area contributed by atoms with Crippen LogP contribution in [0.3, 0.4) is 0 Å². The average Bonchev–Trinajstić information content (AvgIpc) is 2.25. The molecule has 76 valence electrons. The minimum Gasteiger partial charge on any atom is -0.384 e. The Balaban J connectivity index is 2.29. The van der Waals surface area contributed by atoms with Gasteiger partial charge in [0.15, 0.2) is 5.78 Å². The topological polar surface area (TPSA) is 26.3 Å². The van der Waals surface area contributed by atoms with Crippen LogP contribution >= 0.6 is 11.8 Å². The molecule has 0 saturated heterocycles. The SMILES string of the molecule is COCCSCC(=O)c1ccccc1. The molecule has 0 fully saturated rings. The second kappa shape index (κ2) is 6.62. The number of methoxy groups -OCH3 is 1. The van der Waals surface area contributed by atoms with Gasteiger partial charge in [0.25, 0.3) is 0 Å². The second-order valence-corrected chi connectivity index (χ2v) is 3.94. The van der Waals surface area contributed by atoms with Crippen LogP contribution in [0.1, 0.15) is 10.4 Å². The van der Waals surface area contributed by atoms with Crippen molar-refractivity contribution in [2.45, 2.75) is 0 Å². The van der Waals surface area contributed by atoms with Crippen molar-refractivity contribution in [3.05, 3.63) is 35.9 Å². The Bertz CT molecular complexity index is 272. The zero-order valence-corrected chi connectivity index (χ0v) is 9.05. The number of thioether (sulfide) groups is 1. The van der Waals surface area contributed by atoms with Gasteiger partial charge in [0.2, 0.25) is 0 Å². The lowest BCUT2D eigenvalue weighted by Crippen LogP contribution is -2.03. The van der Waals surface area contributed by atoms with Crippen molar-refractivity contribution in [1.82, 2.24) is 0 Å². The number of benzene rings is 1. The van der Waals surface area contributed by atoms with Crippen LogP contribution in [0.4, 0.5) is 0 Å². The molecule has 0 aromatic heterocycles. The summed E-state index contributed by atoms with van der Waals surface area (Å²) in [7, 11) is 1.67. The van der Waals surface area contributed by atoms with Gasteiger partial charge in [-0.15, -0.1) is 0 Å². The van der Waals surface area contributed by atoms with Gasteiger partial charge in [-0.05, 0) is 0 Å². The number of rotatable bonds is 6. The van der Waals surface area contributed by atoms with Crippen molar-refractivity contribution in [1.29, 1.82) is 0 Å². The number of ketones is 1. The molecule has 0 aliphatic heterocycles. The predicted octanol–water partition coefficient (Wildman–Crippen LogP) is 2.25. The molecular formula is C11H14O2S. The van der Waals surface area contributed by atoms with Gasteiger partial charge in [-0.2, -0.15) is 11.8 Å². The molecule has 0 aliphatic rings. The summed E-state index contributed by atoms with van der Waals surface area (Å²) in [5.74, 6) is 1.59. The minimum absolute atomic E-state index is 0.187. The van der Waals surface area contributed by atoms with Crippen molar-refractivity contribution in [2.24, 2.45) is 0 Å². The highest BCUT2D eigenvalue weighted by atomic mass is 32.2. The third-order valence-corrected chi connectivity index (χ3v) is 2.68. The Morgan fingerprint density at radius 2 is 2.07 bits per heavy atom. The van der Waals surface area contributed by atoms with E-state index in [4.69, 9.17) is 4.74 Å². The van der Waals surface area contributed by atoms with E-state index in [1.165, 1.54) is 0 Å². The average molecular weight is 210 g/mol. The van der Waals surface area contributed by atoms with E-state index in [1.54, 1.807) is 18.9 Å². The molecule has 14 heavy (non-hydrogen) atoms. The maximum Gasteiger partial charge on any atom is 0.172 e. The lowest BCUT2D eigenvalue weighted by molar-refractivity contribution is 0.102. The molecule has 0 N–H and O–H groups in total. The molecule has 0 radical (unpaired) electrons. The molecule has 0 amide bonds. The number of ether oxygens (including phenoxy) is 1. The number of carbonyl (C=O) groups is 1. The van der Waals surface area contributed by atoms with E-state index in [1.807, 2.05) is 30.3 Å². The summed E-state index contributed by atoms with van der Waals surface area (Å²) in [6, 6.07) is 9.37. The quantitative estimate of drug-likeness (QED) is 0.532. The molecule has 1 aromatic carbocycles. The summed E-state index contributed by atoms with van der Waals surface area (Å²) in [4.78, 5) is 11.5. The lowest BCUT2D eigenvalue weighted by Gasteiger charge is -2.00. The Morgan fingerprint density at radius 1 is 1.36 bits per heavy atom. The van der Waals surface area contributed by atoms with Gasteiger partial charge in [0.1, 0.15) is 0 Å². The fraction of sp³-hybridized carbons (Fsp3) is 0.364. The first-order chi connectivity index (χ1) is 6.84. The van der Waals surface area contributed by atoms with Crippen LogP contribution in [0.2, 0.25) is 0 Å². The van der Waals surface area contributed by atoms with E-state index in [9.17, 15) is 4.79 Å². The third-order valence-electron chi connectivity index (χ3n) is 1.76. The van der Waals surface area contributed by atoms with Crippen LogP contribution in [0.15, 0.2) is 30.3 Å². The highest BCUT2D eigenvalue weighted by molar-refractivity contribution is 8.00. The maximum atomic E-state index is 11.5. The van der Waals surface area contributed by atoms with E-state index < -0.39 is 0 Å². The van der Waals surface area contributed by atoms with Crippen molar-refractivity contribution < 1.29 is 9.53 Å². The zero-order valence-electron chi connectivity index (χ0n) is 8.23. The largest absolute Gasteiger partial charge is 0.384 e. The lowest BCUT2D eigenvalue weighted by atomic mass is 10.2. The molecule has 0 saturated carbocycles. The standard InChI is InChI=1S/C11H14O2S/c1-13-7-8-14-9-11(12)10-5-3-2-4-6-10/h2-6H,7-9H2,1H3. The van der Waals surface area contributed by atoms with Crippen molar-refractivity contribution in [3.63, 3.8) is 0 Å². The molecule has 0 atom stereocenters. The molecule has 0 aliphatic carbocycles. The van der Waals surface area contributed by atoms with Gasteiger partial charge in [0, 0.05) is 18.4 Å². The van der Waals surface area contributed by atoms with Crippen LogP contribution < -0.4 is 0 Å². The summed E-state index contributed by atoms with van der Waals surface area (Å²) in [6.07, 6.45) is 0. The number of Topliss-reactive ketones (excluding diaryl/α,β-unsaturated/α-hetero) is 1. The summed E-state index contributed by atoms with van der Waals surface area (Å²) in [6.45, 7) is 0.701. The Kier molecular flexibility index (Phi) is 5.33. The van der Waals surface area contributed by atoms with Crippen molar-refractivity contribution in [3.8, 4) is 0 Å². The van der Waals surface area contributed by atoms with Gasteiger partial charge >= 0.3 is 0 Å². The van der Waals surface area contributed by atoms with Crippen molar-refractivity contribution in [2.75, 3.05) is 25.2 Å². The molecule has 3 heteroatoms. The predicted molar refractivity (Wildman–Crippen MR) is 60.0 cm³/mol. The molecule has 0 spiro atoms. The van der Waals surface area contributed by atoms with E-state index in [0.29, 0.717) is 12.4 Å². The first-order valence-corrected chi connectivity index (χ1v) is 5.65. The molecule has 0 bridgehead atoms. The number of hydrogen-bond acceptors (Lipinski definition) is 3. The van der Waals surface area contributed by atoms with E-state index in [-0.39, 0.29) is 5.78 Å². The van der Waals surface area contributed by atoms with Crippen LogP contribution in [-0.4, -0.2) is 31.0 Å². The van der Waals surface area contributed by atoms with Crippen LogP contribution in [0.5, 0.6) is 0 Å². The van der Waals surface area contributed by atoms with E-state index in [2.05, 4.69) is 0 Å². The van der Waals surface area contributed by atoms with Crippen LogP contribution in [0, 0.1) is 0 Å². The smallest absolute Gasteiger partial charge is 0.172 e. The van der Waals surface area contributed by atoms with Gasteiger partial charge in [-0.3, -0.25) is 4.79 Å². The van der Waals surface area contributed by atoms with Crippen LogP contribution in [0.25, 0.3) is 0 Å².